The van der Waals surface area contributed by atoms with Gasteiger partial charge in [-0.25, -0.2) is 4.98 Å². The monoisotopic (exact) mass is 296 g/mol. The van der Waals surface area contributed by atoms with Gasteiger partial charge < -0.3 is 10.1 Å². The Labute approximate surface area is 127 Å². The number of benzene rings is 1. The zero-order valence-corrected chi connectivity index (χ0v) is 12.4. The molecule has 6 heteroatoms. The number of carbonyl (C=O) groups excluding carboxylic acids is 1. The highest BCUT2D eigenvalue weighted by Gasteiger charge is 2.12. The van der Waals surface area contributed by atoms with Crippen molar-refractivity contribution in [2.45, 2.75) is 6.92 Å². The molecule has 3 rings (SSSR count). The number of aryl methyl sites for hydroxylation is 1. The van der Waals surface area contributed by atoms with Crippen LogP contribution in [0.4, 0.5) is 5.82 Å². The molecule has 22 heavy (non-hydrogen) atoms. The van der Waals surface area contributed by atoms with Crippen molar-refractivity contribution >= 4 is 22.6 Å². The molecule has 0 unspecified atom stereocenters. The van der Waals surface area contributed by atoms with Crippen molar-refractivity contribution in [3.8, 4) is 5.82 Å². The Morgan fingerprint density at radius 3 is 2.91 bits per heavy atom. The van der Waals surface area contributed by atoms with Crippen molar-refractivity contribution in [1.29, 1.82) is 0 Å². The standard InChI is InChI=1S/C16H16N4O2/c1-11-9-15(18-16(21)10-22-2)20(19-11)14-8-7-12-5-3-4-6-13(12)17-14/h3-9H,10H2,1-2H3,(H,18,21). The van der Waals surface area contributed by atoms with Gasteiger partial charge in [0.1, 0.15) is 12.4 Å². The number of hydrogen-bond acceptors (Lipinski definition) is 4. The van der Waals surface area contributed by atoms with Gasteiger partial charge in [-0.15, -0.1) is 0 Å². The second kappa shape index (κ2) is 5.95. The zero-order valence-electron chi connectivity index (χ0n) is 12.4. The number of rotatable bonds is 4. The summed E-state index contributed by atoms with van der Waals surface area (Å²) < 4.78 is 6.45. The lowest BCUT2D eigenvalue weighted by molar-refractivity contribution is -0.119. The number of amides is 1. The zero-order chi connectivity index (χ0) is 15.5. The summed E-state index contributed by atoms with van der Waals surface area (Å²) in [6, 6.07) is 13.5. The Balaban J connectivity index is 2.00. The first-order chi connectivity index (χ1) is 10.7. The number of carbonyl (C=O) groups is 1. The lowest BCUT2D eigenvalue weighted by Gasteiger charge is -2.08. The Kier molecular flexibility index (Phi) is 3.84. The summed E-state index contributed by atoms with van der Waals surface area (Å²) in [6.07, 6.45) is 0. The first-order valence-electron chi connectivity index (χ1n) is 6.89. The number of methoxy groups -OCH3 is 1. The first kappa shape index (κ1) is 14.2. The van der Waals surface area contributed by atoms with Crippen LogP contribution in [0.5, 0.6) is 0 Å². The fourth-order valence-corrected chi connectivity index (χ4v) is 2.25. The van der Waals surface area contributed by atoms with E-state index in [1.54, 1.807) is 10.7 Å². The van der Waals surface area contributed by atoms with E-state index in [4.69, 9.17) is 4.74 Å². The Morgan fingerprint density at radius 2 is 2.09 bits per heavy atom. The number of nitrogens with one attached hydrogen (secondary N) is 1. The summed E-state index contributed by atoms with van der Waals surface area (Å²) in [5.41, 5.74) is 1.67. The largest absolute Gasteiger partial charge is 0.375 e. The molecule has 6 nitrogen and oxygen atoms in total. The molecule has 3 aromatic rings. The third-order valence-corrected chi connectivity index (χ3v) is 3.18. The number of pyridine rings is 1. The molecular formula is C16H16N4O2. The van der Waals surface area contributed by atoms with Crippen LogP contribution in [0.3, 0.4) is 0 Å². The van der Waals surface area contributed by atoms with Crippen LogP contribution in [0.1, 0.15) is 5.69 Å². The Bertz CT molecular complexity index is 826. The summed E-state index contributed by atoms with van der Waals surface area (Å²) in [5.74, 6) is 0.992. The van der Waals surface area contributed by atoms with E-state index >= 15 is 0 Å². The maximum atomic E-state index is 11.7. The molecule has 0 saturated heterocycles. The minimum atomic E-state index is -0.232. The number of aromatic nitrogens is 3. The summed E-state index contributed by atoms with van der Waals surface area (Å²) in [7, 11) is 1.48. The quantitative estimate of drug-likeness (QED) is 0.802. The average molecular weight is 296 g/mol. The van der Waals surface area contributed by atoms with E-state index in [1.165, 1.54) is 7.11 Å². The van der Waals surface area contributed by atoms with Crippen molar-refractivity contribution in [3.63, 3.8) is 0 Å². The van der Waals surface area contributed by atoms with Gasteiger partial charge in [-0.2, -0.15) is 9.78 Å². The van der Waals surface area contributed by atoms with Crippen molar-refractivity contribution < 1.29 is 9.53 Å². The number of fused-ring (bicyclic) bond motifs is 1. The molecule has 112 valence electrons. The molecule has 0 saturated carbocycles. The molecular weight excluding hydrogens is 280 g/mol. The molecule has 1 aromatic carbocycles. The number of nitrogens with zero attached hydrogens (tertiary/aromatic N) is 3. The summed E-state index contributed by atoms with van der Waals surface area (Å²) in [6.45, 7) is 1.86. The van der Waals surface area contributed by atoms with E-state index in [2.05, 4.69) is 15.4 Å². The molecule has 0 bridgehead atoms. The molecule has 0 fully saturated rings. The van der Waals surface area contributed by atoms with Crippen LogP contribution in [0.15, 0.2) is 42.5 Å². The molecule has 0 atom stereocenters. The molecule has 2 heterocycles. The van der Waals surface area contributed by atoms with Crippen molar-refractivity contribution in [2.75, 3.05) is 19.0 Å². The molecule has 1 amide bonds. The van der Waals surface area contributed by atoms with Crippen LogP contribution in [0, 0.1) is 6.92 Å². The highest BCUT2D eigenvalue weighted by molar-refractivity contribution is 5.91. The molecule has 1 N–H and O–H groups in total. The van der Waals surface area contributed by atoms with Crippen molar-refractivity contribution in [2.24, 2.45) is 0 Å². The van der Waals surface area contributed by atoms with E-state index in [1.807, 2.05) is 43.3 Å². The average Bonchev–Trinajstić information content (AvgIpc) is 2.87. The highest BCUT2D eigenvalue weighted by Crippen LogP contribution is 2.19. The van der Waals surface area contributed by atoms with Crippen LogP contribution in [-0.4, -0.2) is 34.4 Å². The lowest BCUT2D eigenvalue weighted by atomic mass is 10.2. The van der Waals surface area contributed by atoms with Gasteiger partial charge in [-0.3, -0.25) is 4.79 Å². The normalized spacial score (nSPS) is 10.8. The molecule has 0 aliphatic rings. The van der Waals surface area contributed by atoms with E-state index in [-0.39, 0.29) is 12.5 Å². The van der Waals surface area contributed by atoms with E-state index in [0.717, 1.165) is 16.6 Å². The number of anilines is 1. The van der Waals surface area contributed by atoms with Gasteiger partial charge in [0, 0.05) is 18.6 Å². The van der Waals surface area contributed by atoms with Gasteiger partial charge in [0.25, 0.3) is 5.91 Å². The predicted molar refractivity (Wildman–Crippen MR) is 84.1 cm³/mol. The summed E-state index contributed by atoms with van der Waals surface area (Å²) >= 11 is 0. The first-order valence-corrected chi connectivity index (χ1v) is 6.89. The molecule has 0 spiro atoms. The fraction of sp³-hybridized carbons (Fsp3) is 0.188. The minimum Gasteiger partial charge on any atom is -0.375 e. The smallest absolute Gasteiger partial charge is 0.251 e. The van der Waals surface area contributed by atoms with Gasteiger partial charge in [0.2, 0.25) is 0 Å². The second-order valence-corrected chi connectivity index (χ2v) is 4.93. The number of hydrogen-bond donors (Lipinski definition) is 1. The maximum absolute atomic E-state index is 11.7. The van der Waals surface area contributed by atoms with Gasteiger partial charge >= 0.3 is 0 Å². The Hall–Kier alpha value is -2.73. The number of para-hydroxylation sites is 1. The highest BCUT2D eigenvalue weighted by atomic mass is 16.5. The SMILES string of the molecule is COCC(=O)Nc1cc(C)nn1-c1ccc2ccccc2n1. The van der Waals surface area contributed by atoms with E-state index in [0.29, 0.717) is 11.6 Å². The predicted octanol–water partition coefficient (Wildman–Crippen LogP) is 2.31. The van der Waals surface area contributed by atoms with E-state index < -0.39 is 0 Å². The van der Waals surface area contributed by atoms with Crippen LogP contribution in [-0.2, 0) is 9.53 Å². The van der Waals surface area contributed by atoms with Gasteiger partial charge in [-0.05, 0) is 25.1 Å². The van der Waals surface area contributed by atoms with Crippen LogP contribution in [0.25, 0.3) is 16.7 Å². The van der Waals surface area contributed by atoms with Crippen molar-refractivity contribution in [1.82, 2.24) is 14.8 Å². The fourth-order valence-electron chi connectivity index (χ4n) is 2.25. The van der Waals surface area contributed by atoms with Crippen LogP contribution in [0.2, 0.25) is 0 Å². The molecule has 0 radical (unpaired) electrons. The summed E-state index contributed by atoms with van der Waals surface area (Å²) in [5, 5.41) is 8.23. The third-order valence-electron chi connectivity index (χ3n) is 3.18. The van der Waals surface area contributed by atoms with Gasteiger partial charge in [-0.1, -0.05) is 18.2 Å². The van der Waals surface area contributed by atoms with Crippen LogP contribution < -0.4 is 5.32 Å². The van der Waals surface area contributed by atoms with E-state index in [9.17, 15) is 4.79 Å². The summed E-state index contributed by atoms with van der Waals surface area (Å²) in [4.78, 5) is 16.3. The van der Waals surface area contributed by atoms with Crippen molar-refractivity contribution in [3.05, 3.63) is 48.2 Å². The lowest BCUT2D eigenvalue weighted by Crippen LogP contribution is -2.19. The molecule has 0 aliphatic carbocycles. The third kappa shape index (κ3) is 2.82. The minimum absolute atomic E-state index is 0.00459. The topological polar surface area (TPSA) is 69.0 Å². The Morgan fingerprint density at radius 1 is 1.27 bits per heavy atom. The van der Waals surface area contributed by atoms with Crippen LogP contribution >= 0.6 is 0 Å². The molecule has 2 aromatic heterocycles. The number of ether oxygens (including phenoxy) is 1. The molecule has 0 aliphatic heterocycles. The van der Waals surface area contributed by atoms with Gasteiger partial charge in [0.15, 0.2) is 5.82 Å². The maximum Gasteiger partial charge on any atom is 0.251 e. The second-order valence-electron chi connectivity index (χ2n) is 4.93. The van der Waals surface area contributed by atoms with Gasteiger partial charge in [0.05, 0.1) is 11.2 Å².